The second-order valence-corrected chi connectivity index (χ2v) is 18.2. The maximum Gasteiger partial charge on any atom is 0.363 e. The lowest BCUT2D eigenvalue weighted by atomic mass is 9.94. The van der Waals surface area contributed by atoms with Crippen LogP contribution in [0.2, 0.25) is 0 Å². The van der Waals surface area contributed by atoms with Crippen LogP contribution < -0.4 is 0 Å². The molecule has 0 aromatic carbocycles. The van der Waals surface area contributed by atoms with Gasteiger partial charge < -0.3 is 159 Å². The first-order valence-corrected chi connectivity index (χ1v) is 22.7. The Bertz CT molecular complexity index is 1720. The van der Waals surface area contributed by atoms with Gasteiger partial charge in [0.1, 0.15) is 146 Å². The molecule has 0 radical (unpaired) electrons. The molecule has 0 saturated carbocycles. The normalized spacial score (nSPS) is 52.6. The van der Waals surface area contributed by atoms with E-state index in [1.807, 2.05) is 0 Å². The van der Waals surface area contributed by atoms with Crippen molar-refractivity contribution in [3.8, 4) is 0 Å². The molecule has 22 rings (SSSR count). The Morgan fingerprint density at radius 2 is 0.542 bits per heavy atom. The Labute approximate surface area is 405 Å². The van der Waals surface area contributed by atoms with Crippen LogP contribution in [0.15, 0.2) is 0 Å². The minimum absolute atomic E-state index is 0.609. The largest absolute Gasteiger partial charge is 0.477 e. The van der Waals surface area contributed by atoms with Gasteiger partial charge in [0.2, 0.25) is 0 Å². The molecule has 0 aromatic heterocycles. The van der Waals surface area contributed by atoms with Crippen LogP contribution in [-0.2, 0) is 66.4 Å². The summed E-state index contributed by atoms with van der Waals surface area (Å²) >= 11 is 0. The number of carboxylic acid groups (broad SMARTS) is 1. The molecule has 1 unspecified atom stereocenters. The average Bonchev–Trinajstić information content (AvgIpc) is 3.35. The molecule has 22 aliphatic rings. The summed E-state index contributed by atoms with van der Waals surface area (Å²) in [5.74, 6) is -5.25. The molecular weight excluding hydrogens is 996 g/mol. The van der Waals surface area contributed by atoms with Crippen LogP contribution in [0.4, 0.5) is 0 Å². The molecular formula is C39H64O33. The predicted molar refractivity (Wildman–Crippen MR) is 213 cm³/mol. The fourth-order valence-corrected chi connectivity index (χ4v) is 9.36. The summed E-state index contributed by atoms with van der Waals surface area (Å²) in [6.45, 7) is -5.84. The van der Waals surface area contributed by atoms with Crippen molar-refractivity contribution in [3.63, 3.8) is 0 Å². The second kappa shape index (κ2) is 23.9. The zero-order valence-electron chi connectivity index (χ0n) is 37.8. The molecule has 22 aliphatic heterocycles. The van der Waals surface area contributed by atoms with Gasteiger partial charge in [-0.2, -0.15) is 0 Å². The van der Waals surface area contributed by atoms with Crippen LogP contribution in [0.5, 0.6) is 0 Å². The quantitative estimate of drug-likeness (QED) is 0.0954. The maximum atomic E-state index is 12.1. The second-order valence-electron chi connectivity index (χ2n) is 18.2. The number of aliphatic hydroxyl groups is 18. The van der Waals surface area contributed by atoms with Gasteiger partial charge in [-0.25, -0.2) is 4.79 Å². The van der Waals surface area contributed by atoms with Gasteiger partial charge in [-0.15, -0.1) is 0 Å². The van der Waals surface area contributed by atoms with Gasteiger partial charge in [0.25, 0.3) is 5.79 Å². The van der Waals surface area contributed by atoms with Crippen molar-refractivity contribution in [1.82, 2.24) is 0 Å². The van der Waals surface area contributed by atoms with E-state index in [0.717, 1.165) is 0 Å². The van der Waals surface area contributed by atoms with Crippen LogP contribution >= 0.6 is 0 Å². The van der Waals surface area contributed by atoms with Gasteiger partial charge in [-0.05, 0) is 0 Å². The molecule has 19 N–H and O–H groups in total. The lowest BCUT2D eigenvalue weighted by Crippen LogP contribution is -2.69. The molecule has 31 atom stereocenters. The number of carbonyl (C=O) groups is 1. The molecule has 0 aromatic rings. The van der Waals surface area contributed by atoms with Gasteiger partial charge in [-0.3, -0.25) is 0 Å². The highest BCUT2D eigenvalue weighted by Gasteiger charge is 2.60. The van der Waals surface area contributed by atoms with E-state index in [9.17, 15) is 102 Å². The number of aliphatic carboxylic acids is 1. The molecule has 33 nitrogen and oxygen atoms in total. The van der Waals surface area contributed by atoms with E-state index in [-0.39, 0.29) is 0 Å². The minimum Gasteiger partial charge on any atom is -0.477 e. The number of aliphatic hydroxyl groups excluding tert-OH is 17. The zero-order valence-corrected chi connectivity index (χ0v) is 37.8. The van der Waals surface area contributed by atoms with Crippen molar-refractivity contribution in [2.75, 3.05) is 39.6 Å². The number of hydrogen-bond donors (Lipinski definition) is 19. The summed E-state index contributed by atoms with van der Waals surface area (Å²) in [4.78, 5) is 12.1. The van der Waals surface area contributed by atoms with E-state index in [1.165, 1.54) is 0 Å². The molecule has 0 aliphatic carbocycles. The summed E-state index contributed by atoms with van der Waals surface area (Å²) in [6.07, 6.45) is -61.5. The highest BCUT2D eigenvalue weighted by molar-refractivity contribution is 5.74. The van der Waals surface area contributed by atoms with Gasteiger partial charge in [-0.1, -0.05) is 0 Å². The number of ether oxygens (including phenoxy) is 13. The third-order valence-electron chi connectivity index (χ3n) is 13.4. The SMILES string of the molecule is CC(O)(O[C@@H]1[C@@H](O)[C@H]2O[C@H]3[C@H](O)[C@@H](O)[C@@H](O[C@H]4[C@H](O)[C@@H](O)[C@@H](O[C@H]5[C@H](O)[C@@H](O)[C@@H](O[C@H]6[C@H](O)[C@@H](O)[C@@H](O[C@H]7[C@H](O)[C@@H](O)[C@@H](O[C@H]1[C@@H](CO)O2)O[C@@H]7CO)O[C@@H]6CO)O[C@@H]5CO)O[C@@H]4CO)O[C@@H]3CO)C(=O)O. The summed E-state index contributed by atoms with van der Waals surface area (Å²) in [5, 5.41) is 207. The van der Waals surface area contributed by atoms with Crippen molar-refractivity contribution < 1.29 is 163 Å². The summed E-state index contributed by atoms with van der Waals surface area (Å²) < 4.78 is 73.7. The van der Waals surface area contributed by atoms with E-state index >= 15 is 0 Å². The number of carboxylic acids is 1. The van der Waals surface area contributed by atoms with E-state index in [2.05, 4.69) is 0 Å². The van der Waals surface area contributed by atoms with E-state index in [1.54, 1.807) is 0 Å². The Hall–Kier alpha value is -1.77. The summed E-state index contributed by atoms with van der Waals surface area (Å²) in [6, 6.07) is 0. The van der Waals surface area contributed by atoms with Crippen molar-refractivity contribution in [1.29, 1.82) is 0 Å². The van der Waals surface area contributed by atoms with Crippen LogP contribution in [-0.4, -0.2) is 333 Å². The molecule has 0 spiro atoms. The fraction of sp³-hybridized carbons (Fsp3) is 0.974. The maximum absolute atomic E-state index is 12.1. The first kappa shape index (κ1) is 57.9. The summed E-state index contributed by atoms with van der Waals surface area (Å²) in [5.41, 5.74) is 0. The molecule has 0 amide bonds. The molecule has 22 fully saturated rings. The molecule has 418 valence electrons. The third kappa shape index (κ3) is 11.3. The number of rotatable bonds is 9. The summed E-state index contributed by atoms with van der Waals surface area (Å²) in [7, 11) is 0. The van der Waals surface area contributed by atoms with Crippen molar-refractivity contribution in [2.45, 2.75) is 197 Å². The van der Waals surface area contributed by atoms with Gasteiger partial charge in [0.05, 0.1) is 39.6 Å². The van der Waals surface area contributed by atoms with Crippen molar-refractivity contribution in [2.24, 2.45) is 0 Å². The Morgan fingerprint density at radius 3 is 0.750 bits per heavy atom. The van der Waals surface area contributed by atoms with Crippen LogP contribution in [0.25, 0.3) is 0 Å². The Balaban J connectivity index is 1.24. The predicted octanol–water partition coefficient (Wildman–Crippen LogP) is -13.2. The van der Waals surface area contributed by atoms with Crippen LogP contribution in [0.1, 0.15) is 6.92 Å². The Kier molecular flexibility index (Phi) is 19.2. The highest BCUT2D eigenvalue weighted by atomic mass is 16.8. The van der Waals surface area contributed by atoms with Crippen molar-refractivity contribution in [3.05, 3.63) is 0 Å². The molecule has 22 saturated heterocycles. The topological polar surface area (TPSA) is 521 Å². The third-order valence-corrected chi connectivity index (χ3v) is 13.4. The first-order valence-electron chi connectivity index (χ1n) is 22.7. The van der Waals surface area contributed by atoms with Crippen LogP contribution in [0.3, 0.4) is 0 Å². The van der Waals surface area contributed by atoms with Gasteiger partial charge in [0.15, 0.2) is 37.7 Å². The molecule has 12 bridgehead atoms. The molecule has 72 heavy (non-hydrogen) atoms. The smallest absolute Gasteiger partial charge is 0.363 e. The standard InChI is InChI=1S/C39H64O33/c1-39(59,38(57)58)72-31-24(56)37-65-13(7-45)30(31)71-36-23(55)18(50)28(11(5-43)64-36)69-34-21(53)16(48)26(9(3-41)62-34)67-32-19(51)14(46)25(8(2-40)60-32)66-33-20(52)15(47)27(10(4-42)61-33)68-35-22(54)17(49)29(70-37)12(6-44)63-35/h8-37,40-56,59H,2-7H2,1H3,(H,57,58)/t8-,9-,10-,11-,12-,13-,14-,15-,16-,17-,18-,19-,20-,21-,22-,23-,24-,25-,26-,27-,28-,29-,30+,31-,32-,33-,34-,35-,36-,37-,39?/m1/s1. The average molecular weight is 1060 g/mol. The fourth-order valence-electron chi connectivity index (χ4n) is 9.36. The Morgan fingerprint density at radius 1 is 0.347 bits per heavy atom. The lowest BCUT2D eigenvalue weighted by molar-refractivity contribution is -0.408. The van der Waals surface area contributed by atoms with Gasteiger partial charge >= 0.3 is 5.97 Å². The van der Waals surface area contributed by atoms with Crippen molar-refractivity contribution >= 4 is 5.97 Å². The molecule has 33 heteroatoms. The number of hydrogen-bond acceptors (Lipinski definition) is 32. The van der Waals surface area contributed by atoms with Crippen LogP contribution in [0, 0.1) is 0 Å². The monoisotopic (exact) mass is 1060 g/mol. The van der Waals surface area contributed by atoms with E-state index < -0.39 is 236 Å². The lowest BCUT2D eigenvalue weighted by Gasteiger charge is -2.51. The van der Waals surface area contributed by atoms with E-state index in [4.69, 9.17) is 61.6 Å². The highest BCUT2D eigenvalue weighted by Crippen LogP contribution is 2.39. The first-order chi connectivity index (χ1) is 34.0. The van der Waals surface area contributed by atoms with E-state index in [0.29, 0.717) is 6.92 Å². The zero-order chi connectivity index (χ0) is 52.8. The van der Waals surface area contributed by atoms with Gasteiger partial charge in [0, 0.05) is 6.92 Å². The molecule has 22 heterocycles. The minimum atomic E-state index is -3.21.